The Morgan fingerprint density at radius 1 is 1.50 bits per heavy atom. The molecule has 12 heavy (non-hydrogen) atoms. The van der Waals surface area contributed by atoms with Crippen LogP contribution in [0.15, 0.2) is 12.3 Å². The molecule has 0 atom stereocenters. The lowest BCUT2D eigenvalue weighted by molar-refractivity contribution is -0.274. The molecule has 1 aromatic heterocycles. The van der Waals surface area contributed by atoms with Gasteiger partial charge in [0.05, 0.1) is 0 Å². The minimum absolute atomic E-state index is 0.243. The first kappa shape index (κ1) is 8.46. The third kappa shape index (κ3) is 1.92. The van der Waals surface area contributed by atoms with Crippen LogP contribution in [0.25, 0.3) is 0 Å². The topological polar surface area (TPSA) is 48.8 Å². The van der Waals surface area contributed by atoms with E-state index in [1.54, 1.807) is 0 Å². The van der Waals surface area contributed by atoms with Gasteiger partial charge in [0.25, 0.3) is 0 Å². The van der Waals surface area contributed by atoms with Crippen molar-refractivity contribution in [1.82, 2.24) is 4.98 Å². The lowest BCUT2D eigenvalue weighted by Crippen LogP contribution is -2.17. The second-order valence-electron chi connectivity index (χ2n) is 1.88. The Labute approximate surface area is 65.4 Å². The van der Waals surface area contributed by atoms with Gasteiger partial charge >= 0.3 is 6.36 Å². The molecule has 1 heterocycles. The van der Waals surface area contributed by atoms with Gasteiger partial charge in [-0.05, 0) is 6.07 Å². The summed E-state index contributed by atoms with van der Waals surface area (Å²) in [5.74, 6) is -0.509. The number of halogens is 3. The van der Waals surface area contributed by atoms with E-state index in [1.165, 1.54) is 12.3 Å². The molecule has 0 aliphatic rings. The smallest absolute Gasteiger partial charge is 0.403 e. The summed E-state index contributed by atoms with van der Waals surface area (Å²) in [5, 5.41) is 8.28. The minimum atomic E-state index is -4.76. The zero-order chi connectivity index (χ0) is 9.19. The van der Waals surface area contributed by atoms with E-state index >= 15 is 0 Å². The number of rotatable bonds is 1. The van der Waals surface area contributed by atoms with Crippen LogP contribution in [-0.4, -0.2) is 11.3 Å². The van der Waals surface area contributed by atoms with E-state index in [-0.39, 0.29) is 5.69 Å². The zero-order valence-corrected chi connectivity index (χ0v) is 5.64. The highest BCUT2D eigenvalue weighted by Crippen LogP contribution is 2.24. The third-order valence-electron chi connectivity index (χ3n) is 1.05. The van der Waals surface area contributed by atoms with Crippen molar-refractivity contribution in [3.8, 4) is 11.8 Å². The molecule has 0 aliphatic heterocycles. The molecule has 64 valence electrons. The van der Waals surface area contributed by atoms with E-state index < -0.39 is 12.1 Å². The highest BCUT2D eigenvalue weighted by Gasteiger charge is 2.32. The molecule has 1 rings (SSSR count). The highest BCUT2D eigenvalue weighted by atomic mass is 19.4. The summed E-state index contributed by atoms with van der Waals surface area (Å²) in [5.41, 5.74) is -0.243. The maximum Gasteiger partial charge on any atom is 0.573 e. The van der Waals surface area contributed by atoms with Crippen LogP contribution in [0.3, 0.4) is 0 Å². The average Bonchev–Trinajstić information content (AvgIpc) is 2.31. The largest absolute Gasteiger partial charge is 0.573 e. The molecular formula is C6H3F3N2O. The fourth-order valence-corrected chi connectivity index (χ4v) is 0.652. The van der Waals surface area contributed by atoms with Gasteiger partial charge in [-0.1, -0.05) is 0 Å². The fourth-order valence-electron chi connectivity index (χ4n) is 0.652. The number of nitrogens with zero attached hydrogens (tertiary/aromatic N) is 1. The molecule has 0 fully saturated rings. The van der Waals surface area contributed by atoms with Gasteiger partial charge in [0.15, 0.2) is 11.4 Å². The molecule has 3 nitrogen and oxygen atoms in total. The lowest BCUT2D eigenvalue weighted by Gasteiger charge is -2.06. The van der Waals surface area contributed by atoms with Crippen molar-refractivity contribution < 1.29 is 17.9 Å². The van der Waals surface area contributed by atoms with Crippen LogP contribution >= 0.6 is 0 Å². The van der Waals surface area contributed by atoms with Crippen LogP contribution in [0, 0.1) is 11.3 Å². The van der Waals surface area contributed by atoms with Crippen molar-refractivity contribution in [3.05, 3.63) is 18.0 Å². The summed E-state index contributed by atoms with van der Waals surface area (Å²) in [6, 6.07) is 2.55. The average molecular weight is 176 g/mol. The molecule has 0 aliphatic carbocycles. The predicted octanol–water partition coefficient (Wildman–Crippen LogP) is 1.78. The summed E-state index contributed by atoms with van der Waals surface area (Å²) >= 11 is 0. The van der Waals surface area contributed by atoms with Gasteiger partial charge < -0.3 is 9.72 Å². The molecular weight excluding hydrogens is 173 g/mol. The second-order valence-corrected chi connectivity index (χ2v) is 1.88. The van der Waals surface area contributed by atoms with E-state index in [9.17, 15) is 13.2 Å². The van der Waals surface area contributed by atoms with Crippen LogP contribution in [0.1, 0.15) is 5.69 Å². The van der Waals surface area contributed by atoms with E-state index in [1.807, 2.05) is 0 Å². The quantitative estimate of drug-likeness (QED) is 0.708. The maximum atomic E-state index is 11.6. The van der Waals surface area contributed by atoms with Gasteiger partial charge in [-0.2, -0.15) is 5.26 Å². The molecule has 1 aromatic rings. The summed E-state index contributed by atoms with van der Waals surface area (Å²) in [6.07, 6.45) is -3.56. The number of aromatic nitrogens is 1. The zero-order valence-electron chi connectivity index (χ0n) is 5.64. The molecule has 6 heteroatoms. The van der Waals surface area contributed by atoms with Gasteiger partial charge in [-0.25, -0.2) is 0 Å². The Kier molecular flexibility index (Phi) is 1.95. The Balaban J connectivity index is 2.84. The Hall–Kier alpha value is -1.64. The fraction of sp³-hybridized carbons (Fsp3) is 0.167. The first-order chi connectivity index (χ1) is 5.53. The van der Waals surface area contributed by atoms with Crippen LogP contribution in [0.2, 0.25) is 0 Å². The summed E-state index contributed by atoms with van der Waals surface area (Å²) in [4.78, 5) is 2.29. The number of nitrogens with one attached hydrogen (secondary N) is 1. The van der Waals surface area contributed by atoms with Crippen LogP contribution in [0.5, 0.6) is 5.75 Å². The Bertz CT molecular complexity index is 309. The molecule has 0 radical (unpaired) electrons. The van der Waals surface area contributed by atoms with E-state index in [0.29, 0.717) is 0 Å². The second kappa shape index (κ2) is 2.77. The van der Waals surface area contributed by atoms with E-state index in [0.717, 1.165) is 6.07 Å². The lowest BCUT2D eigenvalue weighted by atomic mass is 10.4. The van der Waals surface area contributed by atoms with Gasteiger partial charge in [0, 0.05) is 6.20 Å². The molecule has 0 saturated carbocycles. The van der Waals surface area contributed by atoms with Gasteiger partial charge in [0.1, 0.15) is 6.07 Å². The molecule has 0 unspecified atom stereocenters. The van der Waals surface area contributed by atoms with E-state index in [4.69, 9.17) is 5.26 Å². The predicted molar refractivity (Wildman–Crippen MR) is 32.2 cm³/mol. The highest BCUT2D eigenvalue weighted by molar-refractivity contribution is 5.37. The van der Waals surface area contributed by atoms with Crippen molar-refractivity contribution in [2.75, 3.05) is 0 Å². The Morgan fingerprint density at radius 2 is 2.17 bits per heavy atom. The minimum Gasteiger partial charge on any atom is -0.403 e. The SMILES string of the molecule is N#Cc1[nH]ccc1OC(F)(F)F. The first-order valence-corrected chi connectivity index (χ1v) is 2.86. The van der Waals surface area contributed by atoms with Crippen molar-refractivity contribution >= 4 is 0 Å². The third-order valence-corrected chi connectivity index (χ3v) is 1.05. The number of H-pyrrole nitrogens is 1. The van der Waals surface area contributed by atoms with Crippen LogP contribution in [0.4, 0.5) is 13.2 Å². The number of ether oxygens (including phenoxy) is 1. The van der Waals surface area contributed by atoms with Gasteiger partial charge in [-0.3, -0.25) is 0 Å². The number of aromatic amines is 1. The van der Waals surface area contributed by atoms with Crippen LogP contribution in [-0.2, 0) is 0 Å². The Morgan fingerprint density at radius 3 is 2.67 bits per heavy atom. The molecule has 1 N–H and O–H groups in total. The normalized spacial score (nSPS) is 10.8. The number of alkyl halides is 3. The molecule has 0 spiro atoms. The maximum absolute atomic E-state index is 11.6. The molecule has 0 aromatic carbocycles. The van der Waals surface area contributed by atoms with Crippen molar-refractivity contribution in [2.24, 2.45) is 0 Å². The summed E-state index contributed by atoms with van der Waals surface area (Å²) < 4.78 is 38.3. The monoisotopic (exact) mass is 176 g/mol. The summed E-state index contributed by atoms with van der Waals surface area (Å²) in [6.45, 7) is 0. The number of hydrogen-bond acceptors (Lipinski definition) is 2. The van der Waals surface area contributed by atoms with Crippen LogP contribution < -0.4 is 4.74 Å². The molecule has 0 saturated heterocycles. The van der Waals surface area contributed by atoms with Crippen molar-refractivity contribution in [1.29, 1.82) is 5.26 Å². The van der Waals surface area contributed by atoms with Gasteiger partial charge in [-0.15, -0.1) is 13.2 Å². The van der Waals surface area contributed by atoms with E-state index in [2.05, 4.69) is 9.72 Å². The number of hydrogen-bond donors (Lipinski definition) is 1. The van der Waals surface area contributed by atoms with Gasteiger partial charge in [0.2, 0.25) is 0 Å². The van der Waals surface area contributed by atoms with Crippen molar-refractivity contribution in [2.45, 2.75) is 6.36 Å². The first-order valence-electron chi connectivity index (χ1n) is 2.86. The van der Waals surface area contributed by atoms with Crippen molar-refractivity contribution in [3.63, 3.8) is 0 Å². The standard InChI is InChI=1S/C6H3F3N2O/c7-6(8,9)12-5-1-2-11-4(5)3-10/h1-2,11H. The molecule has 0 amide bonds. The molecule has 0 bridgehead atoms. The summed E-state index contributed by atoms with van der Waals surface area (Å²) in [7, 11) is 0. The number of nitriles is 1.